The van der Waals surface area contributed by atoms with Crippen LogP contribution in [0.25, 0.3) is 11.3 Å². The topological polar surface area (TPSA) is 50.7 Å². The summed E-state index contributed by atoms with van der Waals surface area (Å²) in [5.74, 6) is -0.0427. The molecule has 0 amide bonds. The number of anilines is 1. The quantitative estimate of drug-likeness (QED) is 0.938. The number of aromatic nitrogens is 3. The molecule has 1 N–H and O–H groups in total. The summed E-state index contributed by atoms with van der Waals surface area (Å²) in [6.07, 6.45) is -1.41. The fraction of sp³-hybridized carbons (Fsp3) is 0.308. The summed E-state index contributed by atoms with van der Waals surface area (Å²) in [5, 5.41) is 2.70. The van der Waals surface area contributed by atoms with Crippen molar-refractivity contribution in [1.29, 1.82) is 0 Å². The summed E-state index contributed by atoms with van der Waals surface area (Å²) in [4.78, 5) is 11.5. The minimum Gasteiger partial charge on any atom is -0.354 e. The molecule has 7 heteroatoms. The van der Waals surface area contributed by atoms with Crippen molar-refractivity contribution in [2.24, 2.45) is 0 Å². The van der Waals surface area contributed by atoms with Gasteiger partial charge in [0.05, 0.1) is 5.69 Å². The lowest BCUT2D eigenvalue weighted by Crippen LogP contribution is -2.12. The van der Waals surface area contributed by atoms with Gasteiger partial charge in [-0.25, -0.2) is 9.97 Å². The van der Waals surface area contributed by atoms with Crippen molar-refractivity contribution in [2.45, 2.75) is 20.0 Å². The van der Waals surface area contributed by atoms with E-state index in [9.17, 15) is 13.2 Å². The van der Waals surface area contributed by atoms with Crippen molar-refractivity contribution in [3.63, 3.8) is 0 Å². The predicted octanol–water partition coefficient (Wildman–Crippen LogP) is 3.30. The number of aryl methyl sites for hydroxylation is 1. The second-order valence-electron chi connectivity index (χ2n) is 4.24. The lowest BCUT2D eigenvalue weighted by molar-refractivity contribution is -0.141. The molecule has 0 fully saturated rings. The molecule has 106 valence electrons. The largest absolute Gasteiger partial charge is 0.433 e. The molecule has 0 aliphatic heterocycles. The number of rotatable bonds is 3. The number of hydrogen-bond donors (Lipinski definition) is 1. The van der Waals surface area contributed by atoms with Crippen molar-refractivity contribution in [3.8, 4) is 11.3 Å². The summed E-state index contributed by atoms with van der Waals surface area (Å²) < 4.78 is 38.5. The summed E-state index contributed by atoms with van der Waals surface area (Å²) in [6.45, 7) is 4.01. The molecule has 0 spiro atoms. The van der Waals surface area contributed by atoms with E-state index >= 15 is 0 Å². The Balaban J connectivity index is 2.54. The average molecular weight is 282 g/mol. The molecule has 0 bridgehead atoms. The average Bonchev–Trinajstić information content (AvgIpc) is 2.38. The number of nitrogens with zero attached hydrogens (tertiary/aromatic N) is 3. The molecule has 0 aromatic carbocycles. The zero-order valence-corrected chi connectivity index (χ0v) is 11.0. The molecule has 0 unspecified atom stereocenters. The molecule has 2 aromatic heterocycles. The van der Waals surface area contributed by atoms with E-state index < -0.39 is 11.9 Å². The van der Waals surface area contributed by atoms with Crippen LogP contribution in [0.5, 0.6) is 0 Å². The molecular weight excluding hydrogens is 269 g/mol. The van der Waals surface area contributed by atoms with E-state index in [0.717, 1.165) is 11.6 Å². The van der Waals surface area contributed by atoms with Crippen LogP contribution in [-0.2, 0) is 6.18 Å². The molecule has 0 aliphatic carbocycles. The van der Waals surface area contributed by atoms with Crippen LogP contribution in [-0.4, -0.2) is 21.5 Å². The smallest absolute Gasteiger partial charge is 0.354 e. The van der Waals surface area contributed by atoms with Gasteiger partial charge in [-0.15, -0.1) is 0 Å². The molecule has 4 nitrogen and oxygen atoms in total. The van der Waals surface area contributed by atoms with E-state index in [1.54, 1.807) is 19.2 Å². The molecule has 2 aromatic rings. The fourth-order valence-corrected chi connectivity index (χ4v) is 1.67. The molecule has 2 rings (SSSR count). The van der Waals surface area contributed by atoms with Crippen LogP contribution in [0.15, 0.2) is 24.5 Å². The first-order valence-corrected chi connectivity index (χ1v) is 6.02. The summed E-state index contributed by atoms with van der Waals surface area (Å²) in [7, 11) is 0. The zero-order chi connectivity index (χ0) is 14.8. The third kappa shape index (κ3) is 3.23. The normalized spacial score (nSPS) is 11.4. The molecule has 0 aliphatic rings. The van der Waals surface area contributed by atoms with E-state index in [4.69, 9.17) is 0 Å². The van der Waals surface area contributed by atoms with Gasteiger partial charge in [-0.05, 0) is 31.5 Å². The van der Waals surface area contributed by atoms with Crippen molar-refractivity contribution in [3.05, 3.63) is 35.8 Å². The van der Waals surface area contributed by atoms with Gasteiger partial charge < -0.3 is 5.32 Å². The van der Waals surface area contributed by atoms with Crippen molar-refractivity contribution >= 4 is 5.95 Å². The Morgan fingerprint density at radius 3 is 2.50 bits per heavy atom. The van der Waals surface area contributed by atoms with E-state index in [2.05, 4.69) is 20.3 Å². The fourth-order valence-electron chi connectivity index (χ4n) is 1.67. The van der Waals surface area contributed by atoms with Gasteiger partial charge in [0.25, 0.3) is 0 Å². The van der Waals surface area contributed by atoms with Crippen LogP contribution in [0.3, 0.4) is 0 Å². The third-order valence-corrected chi connectivity index (χ3v) is 2.52. The second kappa shape index (κ2) is 5.44. The number of nitrogens with one attached hydrogen (secondary N) is 1. The number of halogens is 3. The summed E-state index contributed by atoms with van der Waals surface area (Å²) >= 11 is 0. The van der Waals surface area contributed by atoms with Crippen LogP contribution in [0, 0.1) is 6.92 Å². The van der Waals surface area contributed by atoms with Crippen molar-refractivity contribution in [2.75, 3.05) is 11.9 Å². The number of hydrogen-bond acceptors (Lipinski definition) is 4. The third-order valence-electron chi connectivity index (χ3n) is 2.52. The van der Waals surface area contributed by atoms with Crippen LogP contribution in [0.2, 0.25) is 0 Å². The van der Waals surface area contributed by atoms with Gasteiger partial charge in [0.15, 0.2) is 5.69 Å². The SMILES string of the molecule is CCNc1nc(-c2cncc(C)c2)cc(C(F)(F)F)n1. The zero-order valence-electron chi connectivity index (χ0n) is 11.0. The molecule has 2 heterocycles. The first-order chi connectivity index (χ1) is 9.40. The maximum absolute atomic E-state index is 12.8. The number of pyridine rings is 1. The molecule has 0 atom stereocenters. The lowest BCUT2D eigenvalue weighted by Gasteiger charge is -2.11. The Kier molecular flexibility index (Phi) is 3.87. The van der Waals surface area contributed by atoms with E-state index in [1.165, 1.54) is 6.20 Å². The second-order valence-corrected chi connectivity index (χ2v) is 4.24. The highest BCUT2D eigenvalue weighted by Gasteiger charge is 2.33. The lowest BCUT2D eigenvalue weighted by atomic mass is 10.1. The van der Waals surface area contributed by atoms with E-state index in [-0.39, 0.29) is 11.6 Å². The van der Waals surface area contributed by atoms with Crippen LogP contribution in [0.4, 0.5) is 19.1 Å². The predicted molar refractivity (Wildman–Crippen MR) is 69.2 cm³/mol. The minimum absolute atomic E-state index is 0.0427. The van der Waals surface area contributed by atoms with Gasteiger partial charge in [0.2, 0.25) is 5.95 Å². The standard InChI is InChI=1S/C13H13F3N4/c1-3-18-12-19-10(5-11(20-12)13(14,15)16)9-4-8(2)6-17-7-9/h4-7H,3H2,1-2H3,(H,18,19,20). The van der Waals surface area contributed by atoms with Crippen LogP contribution in [0.1, 0.15) is 18.2 Å². The van der Waals surface area contributed by atoms with Gasteiger partial charge in [0.1, 0.15) is 0 Å². The van der Waals surface area contributed by atoms with E-state index in [1.807, 2.05) is 6.92 Å². The highest BCUT2D eigenvalue weighted by Crippen LogP contribution is 2.31. The summed E-state index contributed by atoms with van der Waals surface area (Å²) in [5.41, 5.74) is 0.594. The molecular formula is C13H13F3N4. The van der Waals surface area contributed by atoms with Gasteiger partial charge in [0, 0.05) is 24.5 Å². The maximum Gasteiger partial charge on any atom is 0.433 e. The Hall–Kier alpha value is -2.18. The van der Waals surface area contributed by atoms with Crippen LogP contribution >= 0.6 is 0 Å². The minimum atomic E-state index is -4.51. The Bertz CT molecular complexity index is 611. The molecule has 0 radical (unpaired) electrons. The van der Waals surface area contributed by atoms with Gasteiger partial charge in [-0.3, -0.25) is 4.98 Å². The Morgan fingerprint density at radius 2 is 1.90 bits per heavy atom. The first kappa shape index (κ1) is 14.2. The van der Waals surface area contributed by atoms with Crippen molar-refractivity contribution in [1.82, 2.24) is 15.0 Å². The highest BCUT2D eigenvalue weighted by atomic mass is 19.4. The van der Waals surface area contributed by atoms with Crippen LogP contribution < -0.4 is 5.32 Å². The highest BCUT2D eigenvalue weighted by molar-refractivity contribution is 5.60. The van der Waals surface area contributed by atoms with Crippen molar-refractivity contribution < 1.29 is 13.2 Å². The van der Waals surface area contributed by atoms with Gasteiger partial charge >= 0.3 is 6.18 Å². The molecule has 20 heavy (non-hydrogen) atoms. The first-order valence-electron chi connectivity index (χ1n) is 6.02. The molecule has 0 saturated carbocycles. The monoisotopic (exact) mass is 282 g/mol. The van der Waals surface area contributed by atoms with Gasteiger partial charge in [-0.2, -0.15) is 13.2 Å². The number of alkyl halides is 3. The maximum atomic E-state index is 12.8. The van der Waals surface area contributed by atoms with Gasteiger partial charge in [-0.1, -0.05) is 0 Å². The van der Waals surface area contributed by atoms with E-state index in [0.29, 0.717) is 12.1 Å². The summed E-state index contributed by atoms with van der Waals surface area (Å²) in [6, 6.07) is 2.66. The molecule has 0 saturated heterocycles. The Labute approximate surface area is 114 Å². The Morgan fingerprint density at radius 1 is 1.15 bits per heavy atom.